The molecule has 4 rings (SSSR count). The van der Waals surface area contributed by atoms with Crippen LogP contribution in [0.25, 0.3) is 6.08 Å². The maximum Gasteiger partial charge on any atom is 0.294 e. The number of anilines is 1. The highest BCUT2D eigenvalue weighted by Gasteiger charge is 2.36. The van der Waals surface area contributed by atoms with Gasteiger partial charge in [-0.25, -0.2) is 0 Å². The van der Waals surface area contributed by atoms with Gasteiger partial charge in [-0.3, -0.25) is 19.3 Å². The Hall–Kier alpha value is -4.01. The van der Waals surface area contributed by atoms with Gasteiger partial charge in [0.15, 0.2) is 11.5 Å². The van der Waals surface area contributed by atoms with Crippen LogP contribution in [0.1, 0.15) is 34.7 Å². The molecule has 1 aliphatic rings. The second-order valence-electron chi connectivity index (χ2n) is 9.54. The molecule has 212 valence electrons. The first-order chi connectivity index (χ1) is 19.7. The quantitative estimate of drug-likeness (QED) is 0.186. The van der Waals surface area contributed by atoms with E-state index in [1.807, 2.05) is 57.2 Å². The van der Waals surface area contributed by atoms with E-state index in [4.69, 9.17) is 21.1 Å². The van der Waals surface area contributed by atoms with Crippen molar-refractivity contribution in [2.75, 3.05) is 18.5 Å². The SMILES string of the molecule is C=CCc1cc(/C=C2\SC(=O)N(CC(=O)Nc3cc(C)cc(C)c3)C2=O)cc(OCC)c1OCc1ccc(Cl)cc1. The number of nitrogens with zero attached hydrogens (tertiary/aromatic N) is 1. The van der Waals surface area contributed by atoms with Crippen LogP contribution in [0.3, 0.4) is 0 Å². The number of ether oxygens (including phenoxy) is 2. The number of hydrogen-bond acceptors (Lipinski definition) is 6. The van der Waals surface area contributed by atoms with E-state index >= 15 is 0 Å². The first-order valence-electron chi connectivity index (χ1n) is 13.1. The molecule has 0 radical (unpaired) electrons. The molecular formula is C32H31ClN2O5S. The first kappa shape index (κ1) is 30.0. The average molecular weight is 591 g/mol. The molecule has 3 amide bonds. The van der Waals surface area contributed by atoms with Crippen LogP contribution in [0.4, 0.5) is 10.5 Å². The molecule has 1 aliphatic heterocycles. The second-order valence-corrected chi connectivity index (χ2v) is 11.0. The van der Waals surface area contributed by atoms with Gasteiger partial charge in [-0.05, 0) is 104 Å². The number of allylic oxidation sites excluding steroid dienone is 1. The molecule has 0 atom stereocenters. The summed E-state index contributed by atoms with van der Waals surface area (Å²) in [5.74, 6) is 0.114. The Morgan fingerprint density at radius 1 is 1.05 bits per heavy atom. The number of benzene rings is 3. The number of aryl methyl sites for hydroxylation is 2. The molecule has 1 saturated heterocycles. The summed E-state index contributed by atoms with van der Waals surface area (Å²) in [6.07, 6.45) is 3.88. The lowest BCUT2D eigenvalue weighted by Gasteiger charge is -2.17. The molecule has 1 fully saturated rings. The van der Waals surface area contributed by atoms with E-state index in [-0.39, 0.29) is 11.4 Å². The van der Waals surface area contributed by atoms with Crippen LogP contribution in [-0.4, -0.2) is 35.1 Å². The van der Waals surface area contributed by atoms with Gasteiger partial charge in [0.2, 0.25) is 5.91 Å². The molecule has 7 nitrogen and oxygen atoms in total. The van der Waals surface area contributed by atoms with Gasteiger partial charge in [-0.1, -0.05) is 35.9 Å². The van der Waals surface area contributed by atoms with Crippen molar-refractivity contribution in [3.8, 4) is 11.5 Å². The summed E-state index contributed by atoms with van der Waals surface area (Å²) in [4.78, 5) is 39.7. The number of thioether (sulfide) groups is 1. The van der Waals surface area contributed by atoms with Gasteiger partial charge in [0, 0.05) is 16.3 Å². The number of rotatable bonds is 11. The maximum absolute atomic E-state index is 13.1. The molecule has 1 N–H and O–H groups in total. The Morgan fingerprint density at radius 3 is 2.41 bits per heavy atom. The number of carbonyl (C=O) groups excluding carboxylic acids is 3. The Bertz CT molecular complexity index is 1500. The summed E-state index contributed by atoms with van der Waals surface area (Å²) in [7, 11) is 0. The average Bonchev–Trinajstić information content (AvgIpc) is 3.16. The molecule has 9 heteroatoms. The molecule has 0 aliphatic carbocycles. The van der Waals surface area contributed by atoms with Crippen molar-refractivity contribution in [1.29, 1.82) is 0 Å². The monoisotopic (exact) mass is 590 g/mol. The fourth-order valence-electron chi connectivity index (χ4n) is 4.42. The van der Waals surface area contributed by atoms with E-state index in [9.17, 15) is 14.4 Å². The van der Waals surface area contributed by atoms with E-state index in [1.54, 1.807) is 30.4 Å². The molecule has 0 spiro atoms. The zero-order valence-electron chi connectivity index (χ0n) is 23.2. The summed E-state index contributed by atoms with van der Waals surface area (Å²) >= 11 is 6.79. The van der Waals surface area contributed by atoms with Gasteiger partial charge in [-0.2, -0.15) is 0 Å². The third kappa shape index (κ3) is 7.80. The van der Waals surface area contributed by atoms with Crippen molar-refractivity contribution >= 4 is 52.2 Å². The standard InChI is InChI=1S/C32H31ClN2O5S/c1-5-7-24-15-23(16-27(39-6-2)30(24)40-19-22-8-10-25(33)11-9-22)17-28-31(37)35(32(38)41-28)18-29(36)34-26-13-20(3)12-21(4)14-26/h5,8-17H,1,6-7,18-19H2,2-4H3,(H,34,36)/b28-17-. The van der Waals surface area contributed by atoms with Crippen LogP contribution in [0, 0.1) is 13.8 Å². The lowest BCUT2D eigenvalue weighted by atomic mass is 10.0. The van der Waals surface area contributed by atoms with Gasteiger partial charge < -0.3 is 14.8 Å². The van der Waals surface area contributed by atoms with Crippen molar-refractivity contribution in [2.24, 2.45) is 0 Å². The van der Waals surface area contributed by atoms with Gasteiger partial charge in [0.25, 0.3) is 11.1 Å². The second kappa shape index (κ2) is 13.6. The minimum atomic E-state index is -0.526. The largest absolute Gasteiger partial charge is 0.490 e. The number of amides is 3. The number of halogens is 1. The molecule has 41 heavy (non-hydrogen) atoms. The van der Waals surface area contributed by atoms with Crippen LogP contribution in [0.2, 0.25) is 5.02 Å². The van der Waals surface area contributed by atoms with Gasteiger partial charge >= 0.3 is 0 Å². The maximum atomic E-state index is 13.1. The van der Waals surface area contributed by atoms with Crippen LogP contribution in [-0.2, 0) is 22.6 Å². The topological polar surface area (TPSA) is 84.9 Å². The number of hydrogen-bond donors (Lipinski definition) is 1. The minimum absolute atomic E-state index is 0.219. The summed E-state index contributed by atoms with van der Waals surface area (Å²) in [6.45, 7) is 9.93. The van der Waals surface area contributed by atoms with Gasteiger partial charge in [0.05, 0.1) is 11.5 Å². The van der Waals surface area contributed by atoms with Crippen LogP contribution in [0.15, 0.2) is 72.2 Å². The fraction of sp³-hybridized carbons (Fsp3) is 0.219. The van der Waals surface area contributed by atoms with E-state index in [0.717, 1.165) is 38.9 Å². The number of carbonyl (C=O) groups is 3. The Labute approximate surface area is 249 Å². The normalized spacial score (nSPS) is 14.0. The predicted molar refractivity (Wildman–Crippen MR) is 165 cm³/mol. The Morgan fingerprint density at radius 2 is 1.76 bits per heavy atom. The highest BCUT2D eigenvalue weighted by Crippen LogP contribution is 2.38. The first-order valence-corrected chi connectivity index (χ1v) is 14.3. The zero-order valence-corrected chi connectivity index (χ0v) is 24.7. The van der Waals surface area contributed by atoms with Crippen molar-refractivity contribution in [3.63, 3.8) is 0 Å². The summed E-state index contributed by atoms with van der Waals surface area (Å²) in [5.41, 5.74) is 5.04. The molecule has 0 bridgehead atoms. The highest BCUT2D eigenvalue weighted by molar-refractivity contribution is 8.18. The number of nitrogens with one attached hydrogen (secondary N) is 1. The minimum Gasteiger partial charge on any atom is -0.490 e. The molecule has 1 heterocycles. The third-order valence-corrected chi connectivity index (χ3v) is 7.25. The van der Waals surface area contributed by atoms with Crippen LogP contribution >= 0.6 is 23.4 Å². The summed E-state index contributed by atoms with van der Waals surface area (Å²) in [6, 6.07) is 16.7. The molecule has 3 aromatic carbocycles. The van der Waals surface area contributed by atoms with Crippen LogP contribution < -0.4 is 14.8 Å². The Balaban J connectivity index is 1.54. The van der Waals surface area contributed by atoms with Gasteiger partial charge in [0.1, 0.15) is 13.2 Å². The van der Waals surface area contributed by atoms with E-state index in [2.05, 4.69) is 11.9 Å². The van der Waals surface area contributed by atoms with E-state index in [0.29, 0.717) is 47.4 Å². The molecular weight excluding hydrogens is 560 g/mol. The predicted octanol–water partition coefficient (Wildman–Crippen LogP) is 7.34. The lowest BCUT2D eigenvalue weighted by molar-refractivity contribution is -0.127. The number of imide groups is 1. The molecule has 0 aromatic heterocycles. The highest BCUT2D eigenvalue weighted by atomic mass is 35.5. The fourth-order valence-corrected chi connectivity index (χ4v) is 5.38. The summed E-state index contributed by atoms with van der Waals surface area (Å²) < 4.78 is 12.1. The van der Waals surface area contributed by atoms with Gasteiger partial charge in [-0.15, -0.1) is 6.58 Å². The molecule has 0 unspecified atom stereocenters. The Kier molecular flexibility index (Phi) is 9.91. The van der Waals surface area contributed by atoms with E-state index in [1.165, 1.54) is 0 Å². The smallest absolute Gasteiger partial charge is 0.294 e. The van der Waals surface area contributed by atoms with E-state index < -0.39 is 17.1 Å². The molecule has 0 saturated carbocycles. The zero-order chi connectivity index (χ0) is 29.5. The molecule has 3 aromatic rings. The third-order valence-electron chi connectivity index (χ3n) is 6.09. The van der Waals surface area contributed by atoms with Crippen molar-refractivity contribution in [3.05, 3.63) is 105 Å². The summed E-state index contributed by atoms with van der Waals surface area (Å²) in [5, 5.41) is 2.91. The van der Waals surface area contributed by atoms with Crippen molar-refractivity contribution in [2.45, 2.75) is 33.8 Å². The van der Waals surface area contributed by atoms with Crippen molar-refractivity contribution < 1.29 is 23.9 Å². The van der Waals surface area contributed by atoms with Crippen LogP contribution in [0.5, 0.6) is 11.5 Å². The lowest BCUT2D eigenvalue weighted by Crippen LogP contribution is -2.36. The van der Waals surface area contributed by atoms with Crippen molar-refractivity contribution in [1.82, 2.24) is 4.90 Å².